The fraction of sp³-hybridized carbons (Fsp3) is 0.318. The smallest absolute Gasteiger partial charge is 0.185 e. The Bertz CT molecular complexity index is 874. The molecule has 1 heterocycles. The second-order valence-corrected chi connectivity index (χ2v) is 6.72. The molecule has 0 amide bonds. The molecule has 1 aliphatic rings. The summed E-state index contributed by atoms with van der Waals surface area (Å²) in [5.41, 5.74) is 1.55. The van der Waals surface area contributed by atoms with Crippen molar-refractivity contribution in [2.24, 2.45) is 0 Å². The van der Waals surface area contributed by atoms with E-state index in [0.717, 1.165) is 32.7 Å². The number of hydrogen-bond acceptors (Lipinski definition) is 5. The Morgan fingerprint density at radius 1 is 1.18 bits per heavy atom. The van der Waals surface area contributed by atoms with E-state index in [-0.39, 0.29) is 17.3 Å². The van der Waals surface area contributed by atoms with E-state index < -0.39 is 0 Å². The van der Waals surface area contributed by atoms with E-state index in [1.54, 1.807) is 30.3 Å². The molecule has 0 atom stereocenters. The van der Waals surface area contributed by atoms with Gasteiger partial charge in [0, 0.05) is 31.7 Å². The minimum atomic E-state index is -0.379. The van der Waals surface area contributed by atoms with Crippen LogP contribution in [0.1, 0.15) is 22.8 Å². The fourth-order valence-electron chi connectivity index (χ4n) is 3.29. The van der Waals surface area contributed by atoms with Gasteiger partial charge in [-0.2, -0.15) is 0 Å². The summed E-state index contributed by atoms with van der Waals surface area (Å²) in [6.45, 7) is 6.51. The van der Waals surface area contributed by atoms with Crippen LogP contribution in [0, 0.1) is 5.82 Å². The molecular weight excluding hydrogens is 359 g/mol. The highest BCUT2D eigenvalue weighted by Crippen LogP contribution is 2.27. The van der Waals surface area contributed by atoms with Crippen molar-refractivity contribution in [1.82, 2.24) is 4.90 Å². The third kappa shape index (κ3) is 4.51. The zero-order valence-electron chi connectivity index (χ0n) is 16.2. The molecule has 2 aromatic rings. The van der Waals surface area contributed by atoms with Gasteiger partial charge < -0.3 is 19.6 Å². The highest BCUT2D eigenvalue weighted by Gasteiger charge is 2.19. The van der Waals surface area contributed by atoms with Gasteiger partial charge in [0.1, 0.15) is 5.82 Å². The van der Waals surface area contributed by atoms with Crippen molar-refractivity contribution in [1.29, 1.82) is 0 Å². The lowest BCUT2D eigenvalue weighted by molar-refractivity contribution is 0.104. The van der Waals surface area contributed by atoms with E-state index >= 15 is 0 Å². The average molecular weight is 384 g/mol. The van der Waals surface area contributed by atoms with Crippen molar-refractivity contribution in [3.8, 4) is 11.5 Å². The SMILES string of the molecule is CCN1CCN(c2ccc(C(=O)C=Cc3ccc(O)c(OC)c3)cc2F)CC1. The summed E-state index contributed by atoms with van der Waals surface area (Å²) in [6.07, 6.45) is 3.00. The first-order valence-electron chi connectivity index (χ1n) is 9.38. The first-order valence-corrected chi connectivity index (χ1v) is 9.38. The number of phenols is 1. The maximum Gasteiger partial charge on any atom is 0.185 e. The molecule has 5 nitrogen and oxygen atoms in total. The molecule has 6 heteroatoms. The number of likely N-dealkylation sites (N-methyl/N-ethyl adjacent to an activating group) is 1. The normalized spacial score (nSPS) is 15.2. The number of carbonyl (C=O) groups is 1. The molecule has 0 bridgehead atoms. The van der Waals surface area contributed by atoms with E-state index in [0.29, 0.717) is 22.6 Å². The van der Waals surface area contributed by atoms with Gasteiger partial charge in [0.05, 0.1) is 12.8 Å². The van der Waals surface area contributed by atoms with Gasteiger partial charge in [0.2, 0.25) is 0 Å². The summed E-state index contributed by atoms with van der Waals surface area (Å²) in [6, 6.07) is 9.43. The number of hydrogen-bond donors (Lipinski definition) is 1. The lowest BCUT2D eigenvalue weighted by Gasteiger charge is -2.35. The van der Waals surface area contributed by atoms with Crippen molar-refractivity contribution >= 4 is 17.5 Å². The van der Waals surface area contributed by atoms with Crippen LogP contribution in [0.15, 0.2) is 42.5 Å². The number of ether oxygens (including phenoxy) is 1. The Hall–Kier alpha value is -2.86. The van der Waals surface area contributed by atoms with Gasteiger partial charge in [-0.15, -0.1) is 0 Å². The van der Waals surface area contributed by atoms with Crippen LogP contribution in [0.2, 0.25) is 0 Å². The minimum absolute atomic E-state index is 0.0309. The number of rotatable bonds is 6. The van der Waals surface area contributed by atoms with E-state index in [4.69, 9.17) is 4.74 Å². The number of anilines is 1. The quantitative estimate of drug-likeness (QED) is 0.609. The average Bonchev–Trinajstić information content (AvgIpc) is 2.73. The zero-order chi connectivity index (χ0) is 20.1. The van der Waals surface area contributed by atoms with Crippen molar-refractivity contribution in [3.05, 3.63) is 59.4 Å². The largest absolute Gasteiger partial charge is 0.504 e. The molecule has 1 aliphatic heterocycles. The molecule has 0 saturated carbocycles. The van der Waals surface area contributed by atoms with Gasteiger partial charge in [-0.1, -0.05) is 19.1 Å². The fourth-order valence-corrected chi connectivity index (χ4v) is 3.29. The van der Waals surface area contributed by atoms with Gasteiger partial charge in [-0.25, -0.2) is 4.39 Å². The van der Waals surface area contributed by atoms with Crippen LogP contribution < -0.4 is 9.64 Å². The van der Waals surface area contributed by atoms with E-state index in [2.05, 4.69) is 11.8 Å². The monoisotopic (exact) mass is 384 g/mol. The first-order chi connectivity index (χ1) is 13.5. The number of benzene rings is 2. The molecule has 28 heavy (non-hydrogen) atoms. The Morgan fingerprint density at radius 3 is 2.57 bits per heavy atom. The Balaban J connectivity index is 1.70. The maximum atomic E-state index is 14.6. The highest BCUT2D eigenvalue weighted by atomic mass is 19.1. The number of ketones is 1. The molecule has 2 aromatic carbocycles. The van der Waals surface area contributed by atoms with Crippen molar-refractivity contribution in [3.63, 3.8) is 0 Å². The summed E-state index contributed by atoms with van der Waals surface area (Å²) in [5, 5.41) is 9.62. The molecular formula is C22H25FN2O3. The first kappa shape index (κ1) is 19.9. The van der Waals surface area contributed by atoms with Crippen LogP contribution in [0.4, 0.5) is 10.1 Å². The molecule has 0 spiro atoms. The van der Waals surface area contributed by atoms with Crippen molar-refractivity contribution < 1.29 is 19.0 Å². The third-order valence-electron chi connectivity index (χ3n) is 5.02. The predicted octanol–water partition coefficient (Wildman–Crippen LogP) is 3.58. The van der Waals surface area contributed by atoms with Gasteiger partial charge in [-0.05, 0) is 48.5 Å². The van der Waals surface area contributed by atoms with Gasteiger partial charge >= 0.3 is 0 Å². The molecule has 0 unspecified atom stereocenters. The second-order valence-electron chi connectivity index (χ2n) is 6.72. The van der Waals surface area contributed by atoms with Crippen LogP contribution in [0.5, 0.6) is 11.5 Å². The standard InChI is InChI=1S/C22H25FN2O3/c1-3-24-10-12-25(13-11-24)19-7-6-17(15-18(19)23)20(26)8-4-16-5-9-21(27)22(14-16)28-2/h4-9,14-15,27H,3,10-13H2,1-2H3. The van der Waals surface area contributed by atoms with Crippen molar-refractivity contribution in [2.75, 3.05) is 44.7 Å². The van der Waals surface area contributed by atoms with Crippen LogP contribution in [-0.4, -0.2) is 55.6 Å². The molecule has 3 rings (SSSR count). The number of carbonyl (C=O) groups excluding carboxylic acids is 1. The number of methoxy groups -OCH3 is 1. The molecule has 0 aromatic heterocycles. The summed E-state index contributed by atoms with van der Waals surface area (Å²) in [7, 11) is 1.46. The Kier molecular flexibility index (Phi) is 6.31. The molecule has 1 fully saturated rings. The summed E-state index contributed by atoms with van der Waals surface area (Å²) in [4.78, 5) is 16.8. The number of allylic oxidation sites excluding steroid dienone is 1. The summed E-state index contributed by atoms with van der Waals surface area (Å²) >= 11 is 0. The van der Waals surface area contributed by atoms with E-state index in [9.17, 15) is 14.3 Å². The third-order valence-corrected chi connectivity index (χ3v) is 5.02. The molecule has 0 radical (unpaired) electrons. The van der Waals surface area contributed by atoms with Gasteiger partial charge in [0.25, 0.3) is 0 Å². The van der Waals surface area contributed by atoms with Gasteiger partial charge in [-0.3, -0.25) is 4.79 Å². The maximum absolute atomic E-state index is 14.6. The van der Waals surface area contributed by atoms with Crippen LogP contribution in [-0.2, 0) is 0 Å². The predicted molar refractivity (Wildman–Crippen MR) is 109 cm³/mol. The lowest BCUT2D eigenvalue weighted by Crippen LogP contribution is -2.46. The van der Waals surface area contributed by atoms with Crippen LogP contribution >= 0.6 is 0 Å². The number of halogens is 1. The number of phenolic OH excluding ortho intramolecular Hbond substituents is 1. The van der Waals surface area contributed by atoms with Crippen molar-refractivity contribution in [2.45, 2.75) is 6.92 Å². The number of piperazine rings is 1. The van der Waals surface area contributed by atoms with Crippen LogP contribution in [0.25, 0.3) is 6.08 Å². The second kappa shape index (κ2) is 8.89. The summed E-state index contributed by atoms with van der Waals surface area (Å²) in [5.74, 6) is -0.305. The molecule has 0 aliphatic carbocycles. The molecule has 148 valence electrons. The Morgan fingerprint density at radius 2 is 1.93 bits per heavy atom. The topological polar surface area (TPSA) is 53.0 Å². The highest BCUT2D eigenvalue weighted by molar-refractivity contribution is 6.07. The Labute approximate surface area is 164 Å². The van der Waals surface area contributed by atoms with E-state index in [1.165, 1.54) is 25.3 Å². The minimum Gasteiger partial charge on any atom is -0.504 e. The van der Waals surface area contributed by atoms with Gasteiger partial charge in [0.15, 0.2) is 17.3 Å². The number of nitrogens with zero attached hydrogens (tertiary/aromatic N) is 2. The van der Waals surface area contributed by atoms with E-state index in [1.807, 2.05) is 4.90 Å². The molecule has 1 saturated heterocycles. The lowest BCUT2D eigenvalue weighted by atomic mass is 10.1. The zero-order valence-corrected chi connectivity index (χ0v) is 16.2. The summed E-state index contributed by atoms with van der Waals surface area (Å²) < 4.78 is 19.7. The van der Waals surface area contributed by atoms with Crippen LogP contribution in [0.3, 0.4) is 0 Å². The number of aromatic hydroxyl groups is 1. The molecule has 1 N–H and O–H groups in total.